The average molecular weight is 284 g/mol. The summed E-state index contributed by atoms with van der Waals surface area (Å²) in [6, 6.07) is 1.30. The first-order chi connectivity index (χ1) is 9.37. The highest BCUT2D eigenvalue weighted by atomic mass is 19.3. The van der Waals surface area contributed by atoms with Crippen LogP contribution in [-0.2, 0) is 0 Å². The van der Waals surface area contributed by atoms with E-state index in [2.05, 4.69) is 9.47 Å². The topological polar surface area (TPSA) is 85.2 Å². The van der Waals surface area contributed by atoms with Crippen LogP contribution in [0.5, 0.6) is 17.2 Å². The third kappa shape index (κ3) is 1.43. The SMILES string of the molecule is O=C(O)c1c2c(cc3c1OB(O)C1CC31)OC(F)(F)O2. The van der Waals surface area contributed by atoms with Crippen molar-refractivity contribution in [1.82, 2.24) is 0 Å². The van der Waals surface area contributed by atoms with Crippen LogP contribution in [0.15, 0.2) is 6.07 Å². The van der Waals surface area contributed by atoms with Crippen LogP contribution < -0.4 is 14.1 Å². The van der Waals surface area contributed by atoms with Gasteiger partial charge in [0.05, 0.1) is 0 Å². The first kappa shape index (κ1) is 11.8. The van der Waals surface area contributed by atoms with Crippen molar-refractivity contribution >= 4 is 13.1 Å². The maximum Gasteiger partial charge on any atom is 0.586 e. The molecule has 0 amide bonds. The van der Waals surface area contributed by atoms with Gasteiger partial charge in [0.15, 0.2) is 11.5 Å². The summed E-state index contributed by atoms with van der Waals surface area (Å²) in [7, 11) is -1.13. The second kappa shape index (κ2) is 3.35. The van der Waals surface area contributed by atoms with Crippen LogP contribution in [0.1, 0.15) is 28.3 Å². The zero-order chi connectivity index (χ0) is 14.2. The van der Waals surface area contributed by atoms with Gasteiger partial charge in [-0.05, 0) is 18.4 Å². The third-order valence-electron chi connectivity index (χ3n) is 3.73. The normalized spacial score (nSPS) is 27.4. The molecule has 9 heteroatoms. The summed E-state index contributed by atoms with van der Waals surface area (Å²) in [4.78, 5) is 11.3. The predicted octanol–water partition coefficient (Wildman–Crippen LogP) is 1.44. The van der Waals surface area contributed by atoms with Gasteiger partial charge in [-0.25, -0.2) is 4.79 Å². The second-order valence-corrected chi connectivity index (χ2v) is 4.98. The maximum absolute atomic E-state index is 13.1. The number of alkyl halides is 2. The molecule has 6 nitrogen and oxygen atoms in total. The number of rotatable bonds is 1. The Bertz CT molecular complexity index is 648. The van der Waals surface area contributed by atoms with Gasteiger partial charge in [-0.2, -0.15) is 0 Å². The van der Waals surface area contributed by atoms with Crippen molar-refractivity contribution in [3.63, 3.8) is 0 Å². The molecule has 1 aliphatic carbocycles. The molecule has 1 fully saturated rings. The number of carboxylic acids is 1. The molecule has 3 aliphatic rings. The molecule has 2 N–H and O–H groups in total. The quantitative estimate of drug-likeness (QED) is 0.759. The van der Waals surface area contributed by atoms with Crippen molar-refractivity contribution in [3.8, 4) is 17.2 Å². The number of carboxylic acid groups (broad SMARTS) is 1. The van der Waals surface area contributed by atoms with E-state index >= 15 is 0 Å². The van der Waals surface area contributed by atoms with Gasteiger partial charge in [0, 0.05) is 11.4 Å². The Morgan fingerprint density at radius 2 is 2.15 bits per heavy atom. The number of carbonyl (C=O) groups is 1. The van der Waals surface area contributed by atoms with Gasteiger partial charge in [0.25, 0.3) is 0 Å². The molecule has 20 heavy (non-hydrogen) atoms. The van der Waals surface area contributed by atoms with Crippen molar-refractivity contribution in [2.75, 3.05) is 0 Å². The lowest BCUT2D eigenvalue weighted by atomic mass is 9.77. The fourth-order valence-electron chi connectivity index (χ4n) is 2.78. The van der Waals surface area contributed by atoms with Gasteiger partial charge in [-0.3, -0.25) is 0 Å². The Hall–Kier alpha value is -2.03. The summed E-state index contributed by atoms with van der Waals surface area (Å²) in [5.41, 5.74) is -0.0863. The summed E-state index contributed by atoms with van der Waals surface area (Å²) in [6.07, 6.45) is -3.29. The van der Waals surface area contributed by atoms with Crippen LogP contribution in [0.2, 0.25) is 5.82 Å². The zero-order valence-corrected chi connectivity index (χ0v) is 9.80. The van der Waals surface area contributed by atoms with Crippen molar-refractivity contribution in [1.29, 1.82) is 0 Å². The number of halogens is 2. The monoisotopic (exact) mass is 284 g/mol. The van der Waals surface area contributed by atoms with E-state index < -0.39 is 30.7 Å². The number of ether oxygens (including phenoxy) is 2. The smallest absolute Gasteiger partial charge is 0.535 e. The predicted molar refractivity (Wildman–Crippen MR) is 59.3 cm³/mol. The van der Waals surface area contributed by atoms with Crippen LogP contribution in [-0.4, -0.2) is 29.5 Å². The van der Waals surface area contributed by atoms with Gasteiger partial charge in [-0.15, -0.1) is 8.78 Å². The minimum Gasteiger partial charge on any atom is -0.535 e. The molecular weight excluding hydrogens is 277 g/mol. The lowest BCUT2D eigenvalue weighted by Gasteiger charge is -2.21. The molecule has 2 heterocycles. The Morgan fingerprint density at radius 3 is 2.85 bits per heavy atom. The molecule has 2 unspecified atom stereocenters. The molecule has 1 aromatic rings. The Labute approximate surface area is 111 Å². The van der Waals surface area contributed by atoms with E-state index in [1.165, 1.54) is 6.07 Å². The Morgan fingerprint density at radius 1 is 1.40 bits per heavy atom. The fraction of sp³-hybridized carbons (Fsp3) is 0.364. The highest BCUT2D eigenvalue weighted by Crippen LogP contribution is 2.63. The van der Waals surface area contributed by atoms with E-state index in [0.29, 0.717) is 12.0 Å². The van der Waals surface area contributed by atoms with Crippen LogP contribution >= 0.6 is 0 Å². The molecule has 0 spiro atoms. The van der Waals surface area contributed by atoms with Crippen LogP contribution in [0.3, 0.4) is 0 Å². The molecule has 1 aromatic carbocycles. The van der Waals surface area contributed by atoms with E-state index in [1.54, 1.807) is 0 Å². The minimum absolute atomic E-state index is 0.102. The Kier molecular flexibility index (Phi) is 1.97. The molecule has 0 saturated heterocycles. The summed E-state index contributed by atoms with van der Waals surface area (Å²) in [5, 5.41) is 18.9. The van der Waals surface area contributed by atoms with Crippen molar-refractivity contribution in [3.05, 3.63) is 17.2 Å². The second-order valence-electron chi connectivity index (χ2n) is 4.98. The highest BCUT2D eigenvalue weighted by Gasteiger charge is 2.56. The van der Waals surface area contributed by atoms with E-state index in [4.69, 9.17) is 4.65 Å². The number of aromatic carboxylic acids is 1. The van der Waals surface area contributed by atoms with Gasteiger partial charge in [-0.1, -0.05) is 0 Å². The standard InChI is InChI=1S/C11H7BF2O6/c13-11(14)18-6-2-4-3-1-5(3)12(17)20-8(4)7(10(15)16)9(6)19-11/h2-3,5,17H,1H2,(H,15,16). The molecule has 4 rings (SSSR count). The molecule has 0 radical (unpaired) electrons. The van der Waals surface area contributed by atoms with Gasteiger partial charge >= 0.3 is 19.4 Å². The van der Waals surface area contributed by atoms with Gasteiger partial charge < -0.3 is 24.3 Å². The number of hydrogen-bond donors (Lipinski definition) is 2. The van der Waals surface area contributed by atoms with E-state index in [9.17, 15) is 23.7 Å². The number of fused-ring (bicyclic) bond motifs is 4. The summed E-state index contributed by atoms with van der Waals surface area (Å²) < 4.78 is 40.0. The van der Waals surface area contributed by atoms with Gasteiger partial charge in [0.1, 0.15) is 11.3 Å². The first-order valence-corrected chi connectivity index (χ1v) is 5.92. The first-order valence-electron chi connectivity index (χ1n) is 5.92. The summed E-state index contributed by atoms with van der Waals surface area (Å²) in [5.74, 6) is -2.74. The Balaban J connectivity index is 1.94. The lowest BCUT2D eigenvalue weighted by molar-refractivity contribution is -0.286. The largest absolute Gasteiger partial charge is 0.586 e. The molecule has 104 valence electrons. The highest BCUT2D eigenvalue weighted by molar-refractivity contribution is 6.48. The zero-order valence-electron chi connectivity index (χ0n) is 9.80. The van der Waals surface area contributed by atoms with Crippen molar-refractivity contribution < 1.29 is 37.8 Å². The molecule has 2 atom stereocenters. The molecule has 1 saturated carbocycles. The van der Waals surface area contributed by atoms with Crippen molar-refractivity contribution in [2.45, 2.75) is 24.5 Å². The van der Waals surface area contributed by atoms with Crippen molar-refractivity contribution in [2.24, 2.45) is 0 Å². The molecular formula is C11H7BF2O6. The lowest BCUT2D eigenvalue weighted by Crippen LogP contribution is -2.27. The molecule has 0 bridgehead atoms. The summed E-state index contributed by atoms with van der Waals surface area (Å²) in [6.45, 7) is 0. The minimum atomic E-state index is -3.90. The third-order valence-corrected chi connectivity index (χ3v) is 3.73. The van der Waals surface area contributed by atoms with E-state index in [-0.39, 0.29) is 23.2 Å². The fourth-order valence-corrected chi connectivity index (χ4v) is 2.78. The van der Waals surface area contributed by atoms with Crippen LogP contribution in [0.25, 0.3) is 0 Å². The number of benzene rings is 1. The van der Waals surface area contributed by atoms with E-state index in [1.807, 2.05) is 0 Å². The van der Waals surface area contributed by atoms with Crippen LogP contribution in [0.4, 0.5) is 8.78 Å². The molecule has 0 aromatic heterocycles. The maximum atomic E-state index is 13.1. The summed E-state index contributed by atoms with van der Waals surface area (Å²) >= 11 is 0. The van der Waals surface area contributed by atoms with Crippen LogP contribution in [0, 0.1) is 0 Å². The molecule has 2 aliphatic heterocycles. The van der Waals surface area contributed by atoms with E-state index in [0.717, 1.165) is 0 Å². The average Bonchev–Trinajstić information content (AvgIpc) is 3.05. The number of hydrogen-bond acceptors (Lipinski definition) is 5. The van der Waals surface area contributed by atoms with Gasteiger partial charge in [0.2, 0.25) is 0 Å².